The van der Waals surface area contributed by atoms with Gasteiger partial charge in [0.05, 0.1) is 4.88 Å². The molecule has 0 spiro atoms. The smallest absolute Gasteiger partial charge is 0.263 e. The fraction of sp³-hybridized carbons (Fsp3) is 0.450. The van der Waals surface area contributed by atoms with Crippen LogP contribution in [0.25, 0.3) is 0 Å². The summed E-state index contributed by atoms with van der Waals surface area (Å²) in [5.41, 5.74) is 8.71. The lowest BCUT2D eigenvalue weighted by molar-refractivity contribution is 0.0791. The summed E-state index contributed by atoms with van der Waals surface area (Å²) in [6.07, 6.45) is 4.80. The third kappa shape index (κ3) is 2.89. The Hall–Kier alpha value is -1.65. The molecule has 2 N–H and O–H groups in total. The highest BCUT2D eigenvalue weighted by Gasteiger charge is 2.36. The van der Waals surface area contributed by atoms with Crippen LogP contribution < -0.4 is 5.73 Å². The summed E-state index contributed by atoms with van der Waals surface area (Å²) in [6.45, 7) is 2.19. The van der Waals surface area contributed by atoms with Crippen molar-refractivity contribution in [3.8, 4) is 0 Å². The Morgan fingerprint density at radius 3 is 2.71 bits per heavy atom. The van der Waals surface area contributed by atoms with E-state index in [1.807, 2.05) is 11.0 Å². The van der Waals surface area contributed by atoms with E-state index in [0.717, 1.165) is 30.8 Å². The van der Waals surface area contributed by atoms with Gasteiger partial charge in [-0.2, -0.15) is 0 Å². The summed E-state index contributed by atoms with van der Waals surface area (Å²) in [5.74, 6) is 0.909. The molecule has 0 saturated carbocycles. The van der Waals surface area contributed by atoms with Crippen LogP contribution in [0.1, 0.15) is 44.4 Å². The Kier molecular flexibility index (Phi) is 4.42. The Labute approximate surface area is 147 Å². The molecule has 4 heteroatoms. The highest BCUT2D eigenvalue weighted by Crippen LogP contribution is 2.35. The van der Waals surface area contributed by atoms with Gasteiger partial charge in [-0.3, -0.25) is 4.79 Å². The molecule has 2 aromatic rings. The highest BCUT2D eigenvalue weighted by atomic mass is 32.1. The molecule has 0 bridgehead atoms. The van der Waals surface area contributed by atoms with Crippen molar-refractivity contribution in [2.75, 3.05) is 19.6 Å². The van der Waals surface area contributed by atoms with Gasteiger partial charge < -0.3 is 10.6 Å². The molecule has 1 aliphatic heterocycles. The maximum absolute atomic E-state index is 13.0. The summed E-state index contributed by atoms with van der Waals surface area (Å²) in [7, 11) is 0. The number of rotatable bonds is 3. The Morgan fingerprint density at radius 2 is 1.96 bits per heavy atom. The highest BCUT2D eigenvalue weighted by molar-refractivity contribution is 7.14. The number of fused-ring (bicyclic) bond motifs is 1. The van der Waals surface area contributed by atoms with E-state index in [2.05, 4.69) is 30.3 Å². The van der Waals surface area contributed by atoms with Gasteiger partial charge in [0.1, 0.15) is 0 Å². The molecule has 0 radical (unpaired) electrons. The number of carbonyl (C=O) groups excluding carboxylic acids is 1. The number of hydrogen-bond donors (Lipinski definition) is 1. The van der Waals surface area contributed by atoms with E-state index < -0.39 is 0 Å². The zero-order chi connectivity index (χ0) is 16.5. The Balaban J connectivity index is 1.54. The predicted octanol–water partition coefficient (Wildman–Crippen LogP) is 3.44. The van der Waals surface area contributed by atoms with Gasteiger partial charge in [0.15, 0.2) is 0 Å². The van der Waals surface area contributed by atoms with Crippen LogP contribution in [-0.2, 0) is 12.8 Å². The van der Waals surface area contributed by atoms with Crippen LogP contribution >= 0.6 is 11.3 Å². The molecule has 2 atom stereocenters. The van der Waals surface area contributed by atoms with E-state index in [1.165, 1.54) is 28.8 Å². The average molecular weight is 340 g/mol. The minimum atomic E-state index is 0.200. The van der Waals surface area contributed by atoms with Crippen molar-refractivity contribution in [3.05, 3.63) is 57.3 Å². The Bertz CT molecular complexity index is 701. The molecule has 1 saturated heterocycles. The molecule has 126 valence electrons. The molecular weight excluding hydrogens is 316 g/mol. The molecule has 4 rings (SSSR count). The molecule has 3 nitrogen and oxygen atoms in total. The molecular formula is C20H24N2OS. The number of thiophene rings is 1. The van der Waals surface area contributed by atoms with Crippen molar-refractivity contribution < 1.29 is 4.79 Å². The second-order valence-electron chi connectivity index (χ2n) is 6.99. The Morgan fingerprint density at radius 1 is 1.17 bits per heavy atom. The van der Waals surface area contributed by atoms with Crippen LogP contribution in [0.2, 0.25) is 0 Å². The van der Waals surface area contributed by atoms with Gasteiger partial charge >= 0.3 is 0 Å². The maximum atomic E-state index is 13.0. The molecule has 1 fully saturated rings. The molecule has 1 aromatic carbocycles. The molecule has 2 aliphatic rings. The lowest BCUT2D eigenvalue weighted by Crippen LogP contribution is -2.29. The first-order valence-electron chi connectivity index (χ1n) is 8.92. The first-order valence-corrected chi connectivity index (χ1v) is 9.74. The second kappa shape index (κ2) is 6.69. The van der Waals surface area contributed by atoms with E-state index in [4.69, 9.17) is 5.73 Å². The summed E-state index contributed by atoms with van der Waals surface area (Å²) < 4.78 is 0. The zero-order valence-electron chi connectivity index (χ0n) is 13.9. The molecule has 1 aliphatic carbocycles. The normalized spacial score (nSPS) is 23.3. The van der Waals surface area contributed by atoms with Gasteiger partial charge in [0.2, 0.25) is 0 Å². The molecule has 0 unspecified atom stereocenters. The van der Waals surface area contributed by atoms with E-state index in [0.29, 0.717) is 18.4 Å². The molecule has 24 heavy (non-hydrogen) atoms. The third-order valence-electron chi connectivity index (χ3n) is 5.47. The van der Waals surface area contributed by atoms with Crippen LogP contribution in [0, 0.1) is 5.92 Å². The number of hydrogen-bond acceptors (Lipinski definition) is 3. The maximum Gasteiger partial charge on any atom is 0.263 e. The number of carbonyl (C=O) groups is 1. The van der Waals surface area contributed by atoms with Gasteiger partial charge in [-0.05, 0) is 55.3 Å². The van der Waals surface area contributed by atoms with E-state index in [9.17, 15) is 4.79 Å². The van der Waals surface area contributed by atoms with Crippen molar-refractivity contribution in [1.29, 1.82) is 0 Å². The predicted molar refractivity (Wildman–Crippen MR) is 98.6 cm³/mol. The van der Waals surface area contributed by atoms with Gasteiger partial charge in [-0.15, -0.1) is 11.3 Å². The number of likely N-dealkylation sites (tertiary alicyclic amines) is 1. The quantitative estimate of drug-likeness (QED) is 0.930. The van der Waals surface area contributed by atoms with Gasteiger partial charge in [0, 0.05) is 23.9 Å². The largest absolute Gasteiger partial charge is 0.337 e. The summed E-state index contributed by atoms with van der Waals surface area (Å²) in [4.78, 5) is 17.4. The standard InChI is InChI=1S/C20H24N2OS/c21-11-16-12-22(13-17(16)14-6-2-1-3-7-14)20(23)19-10-15-8-4-5-9-18(15)24-19/h1-3,6-7,10,16-17H,4-5,8-9,11-13,21H2/t16-,17+/m1/s1. The minimum Gasteiger partial charge on any atom is -0.337 e. The van der Waals surface area contributed by atoms with Crippen molar-refractivity contribution in [1.82, 2.24) is 4.90 Å². The van der Waals surface area contributed by atoms with E-state index in [-0.39, 0.29) is 5.91 Å². The average Bonchev–Trinajstić information content (AvgIpc) is 3.26. The topological polar surface area (TPSA) is 46.3 Å². The van der Waals surface area contributed by atoms with Crippen LogP contribution in [0.15, 0.2) is 36.4 Å². The van der Waals surface area contributed by atoms with Crippen LogP contribution in [0.5, 0.6) is 0 Å². The number of aryl methyl sites for hydroxylation is 2. The number of nitrogens with two attached hydrogens (primary N) is 1. The zero-order valence-corrected chi connectivity index (χ0v) is 14.7. The first-order chi connectivity index (χ1) is 11.8. The molecule has 1 aromatic heterocycles. The third-order valence-corrected chi connectivity index (χ3v) is 6.69. The van der Waals surface area contributed by atoms with Crippen molar-refractivity contribution >= 4 is 17.2 Å². The SMILES string of the molecule is NC[C@@H]1CN(C(=O)c2cc3c(s2)CCCC3)C[C@H]1c1ccccc1. The molecule has 2 heterocycles. The fourth-order valence-corrected chi connectivity index (χ4v) is 5.33. The number of benzene rings is 1. The van der Waals surface area contributed by atoms with Gasteiger partial charge in [-0.25, -0.2) is 0 Å². The van der Waals surface area contributed by atoms with Crippen LogP contribution in [0.4, 0.5) is 0 Å². The number of nitrogens with zero attached hydrogens (tertiary/aromatic N) is 1. The number of amides is 1. The van der Waals surface area contributed by atoms with Crippen LogP contribution in [0.3, 0.4) is 0 Å². The van der Waals surface area contributed by atoms with E-state index in [1.54, 1.807) is 11.3 Å². The monoisotopic (exact) mass is 340 g/mol. The van der Waals surface area contributed by atoms with Gasteiger partial charge in [0.25, 0.3) is 5.91 Å². The minimum absolute atomic E-state index is 0.200. The summed E-state index contributed by atoms with van der Waals surface area (Å²) in [6, 6.07) is 12.6. The van der Waals surface area contributed by atoms with Crippen molar-refractivity contribution in [2.45, 2.75) is 31.6 Å². The summed E-state index contributed by atoms with van der Waals surface area (Å²) >= 11 is 1.71. The fourth-order valence-electron chi connectivity index (χ4n) is 4.11. The van der Waals surface area contributed by atoms with Crippen molar-refractivity contribution in [2.24, 2.45) is 11.7 Å². The lowest BCUT2D eigenvalue weighted by atomic mass is 9.89. The van der Waals surface area contributed by atoms with Crippen LogP contribution in [-0.4, -0.2) is 30.4 Å². The van der Waals surface area contributed by atoms with Crippen molar-refractivity contribution in [3.63, 3.8) is 0 Å². The summed E-state index contributed by atoms with van der Waals surface area (Å²) in [5, 5.41) is 0. The second-order valence-corrected chi connectivity index (χ2v) is 8.13. The van der Waals surface area contributed by atoms with Gasteiger partial charge in [-0.1, -0.05) is 30.3 Å². The van der Waals surface area contributed by atoms with E-state index >= 15 is 0 Å². The molecule has 1 amide bonds. The lowest BCUT2D eigenvalue weighted by Gasteiger charge is -2.16. The first kappa shape index (κ1) is 15.9.